The number of hydrogen-bond acceptors (Lipinski definition) is 7. The van der Waals surface area contributed by atoms with E-state index in [1.54, 1.807) is 60.5 Å². The summed E-state index contributed by atoms with van der Waals surface area (Å²) in [6.07, 6.45) is 1.67. The number of amides is 1. The smallest absolute Gasteiger partial charge is 0.281 e. The molecule has 8 nitrogen and oxygen atoms in total. The Kier molecular flexibility index (Phi) is 6.76. The second kappa shape index (κ2) is 9.48. The highest BCUT2D eigenvalue weighted by Crippen LogP contribution is 2.32. The minimum Gasteiger partial charge on any atom is -0.546 e. The fourth-order valence-corrected chi connectivity index (χ4v) is 3.32. The number of anilines is 1. The van der Waals surface area contributed by atoms with Gasteiger partial charge in [0.2, 0.25) is 0 Å². The third kappa shape index (κ3) is 4.77. The van der Waals surface area contributed by atoms with Gasteiger partial charge in [-0.05, 0) is 67.2 Å². The van der Waals surface area contributed by atoms with E-state index < -0.39 is 12.6 Å². The molecule has 0 saturated carbocycles. The molecule has 1 aliphatic heterocycles. The minimum atomic E-state index is -1.34. The number of carboxylic acids is 1. The SMILES string of the molecule is CCOc1ccc(N2C(=O)/C(=C/c3ccc(OCC(=O)[O-])c(OC)c3)N(C)C2=S)cc1. The van der Waals surface area contributed by atoms with Gasteiger partial charge in [0.05, 0.1) is 25.4 Å². The number of carbonyl (C=O) groups excluding carboxylic acids is 2. The molecule has 0 aromatic heterocycles. The molecule has 3 rings (SSSR count). The summed E-state index contributed by atoms with van der Waals surface area (Å²) in [6.45, 7) is 1.86. The molecule has 31 heavy (non-hydrogen) atoms. The Labute approximate surface area is 185 Å². The summed E-state index contributed by atoms with van der Waals surface area (Å²) in [5.74, 6) is -0.315. The van der Waals surface area contributed by atoms with E-state index in [0.29, 0.717) is 40.2 Å². The number of ether oxygens (including phenoxy) is 3. The molecule has 0 aliphatic carbocycles. The predicted molar refractivity (Wildman–Crippen MR) is 117 cm³/mol. The summed E-state index contributed by atoms with van der Waals surface area (Å²) in [7, 11) is 3.16. The zero-order chi connectivity index (χ0) is 22.5. The molecule has 2 aromatic carbocycles. The maximum atomic E-state index is 13.1. The van der Waals surface area contributed by atoms with Gasteiger partial charge in [-0.25, -0.2) is 0 Å². The van der Waals surface area contributed by atoms with Crippen molar-refractivity contribution in [1.82, 2.24) is 4.90 Å². The summed E-state index contributed by atoms with van der Waals surface area (Å²) >= 11 is 5.48. The number of likely N-dealkylation sites (N-methyl/N-ethyl adjacent to an activating group) is 1. The molecular formula is C22H21N2O6S-. The molecule has 0 radical (unpaired) electrons. The van der Waals surface area contributed by atoms with Gasteiger partial charge in [-0.15, -0.1) is 0 Å². The quantitative estimate of drug-likeness (QED) is 0.453. The Hall–Kier alpha value is -3.59. The van der Waals surface area contributed by atoms with Gasteiger partial charge in [-0.2, -0.15) is 0 Å². The lowest BCUT2D eigenvalue weighted by Crippen LogP contribution is -2.31. The Bertz CT molecular complexity index is 1030. The first-order chi connectivity index (χ1) is 14.8. The molecule has 1 aliphatic rings. The molecule has 1 saturated heterocycles. The first-order valence-electron chi connectivity index (χ1n) is 9.43. The lowest BCUT2D eigenvalue weighted by Gasteiger charge is -2.16. The van der Waals surface area contributed by atoms with E-state index in [2.05, 4.69) is 0 Å². The fraction of sp³-hybridized carbons (Fsp3) is 0.227. The van der Waals surface area contributed by atoms with Crippen LogP contribution in [0.4, 0.5) is 5.69 Å². The van der Waals surface area contributed by atoms with Crippen molar-refractivity contribution in [3.8, 4) is 17.2 Å². The minimum absolute atomic E-state index is 0.256. The topological polar surface area (TPSA) is 91.4 Å². The van der Waals surface area contributed by atoms with E-state index in [0.717, 1.165) is 0 Å². The van der Waals surface area contributed by atoms with Crippen LogP contribution < -0.4 is 24.2 Å². The Balaban J connectivity index is 1.87. The van der Waals surface area contributed by atoms with Gasteiger partial charge >= 0.3 is 0 Å². The van der Waals surface area contributed by atoms with E-state index in [-0.39, 0.29) is 11.7 Å². The van der Waals surface area contributed by atoms with Gasteiger partial charge < -0.3 is 29.0 Å². The molecule has 0 unspecified atom stereocenters. The van der Waals surface area contributed by atoms with E-state index in [1.807, 2.05) is 6.92 Å². The Morgan fingerprint density at radius 1 is 1.13 bits per heavy atom. The van der Waals surface area contributed by atoms with E-state index in [1.165, 1.54) is 12.0 Å². The monoisotopic (exact) mass is 441 g/mol. The normalized spacial score (nSPS) is 14.9. The molecule has 9 heteroatoms. The van der Waals surface area contributed by atoms with Gasteiger partial charge in [0, 0.05) is 7.05 Å². The van der Waals surface area contributed by atoms with Crippen LogP contribution in [0.5, 0.6) is 17.2 Å². The highest BCUT2D eigenvalue weighted by molar-refractivity contribution is 7.80. The second-order valence-electron chi connectivity index (χ2n) is 6.51. The molecule has 0 atom stereocenters. The van der Waals surface area contributed by atoms with Crippen molar-refractivity contribution >= 4 is 41.0 Å². The predicted octanol–water partition coefficient (Wildman–Crippen LogP) is 1.83. The number of rotatable bonds is 8. The van der Waals surface area contributed by atoms with Crippen LogP contribution in [-0.4, -0.2) is 49.3 Å². The summed E-state index contributed by atoms with van der Waals surface area (Å²) in [5, 5.41) is 11.0. The molecule has 0 spiro atoms. The molecule has 162 valence electrons. The van der Waals surface area contributed by atoms with Crippen molar-refractivity contribution in [2.45, 2.75) is 6.92 Å². The van der Waals surface area contributed by atoms with Crippen LogP contribution in [0.1, 0.15) is 12.5 Å². The van der Waals surface area contributed by atoms with Crippen molar-refractivity contribution in [3.05, 3.63) is 53.7 Å². The van der Waals surface area contributed by atoms with Gasteiger partial charge in [-0.1, -0.05) is 6.07 Å². The average Bonchev–Trinajstić information content (AvgIpc) is 2.96. The van der Waals surface area contributed by atoms with E-state index >= 15 is 0 Å². The van der Waals surface area contributed by atoms with Gasteiger partial charge in [0.25, 0.3) is 5.91 Å². The highest BCUT2D eigenvalue weighted by atomic mass is 32.1. The molecule has 1 heterocycles. The maximum absolute atomic E-state index is 13.1. The van der Waals surface area contributed by atoms with Crippen LogP contribution in [0.3, 0.4) is 0 Å². The number of carbonyl (C=O) groups is 2. The zero-order valence-electron chi connectivity index (χ0n) is 17.3. The highest BCUT2D eigenvalue weighted by Gasteiger charge is 2.36. The number of hydrogen-bond donors (Lipinski definition) is 0. The second-order valence-corrected chi connectivity index (χ2v) is 6.87. The summed E-state index contributed by atoms with van der Waals surface area (Å²) in [6, 6.07) is 12.0. The van der Waals surface area contributed by atoms with Crippen molar-refractivity contribution in [2.75, 3.05) is 32.3 Å². The number of nitrogens with zero attached hydrogens (tertiary/aromatic N) is 2. The lowest BCUT2D eigenvalue weighted by molar-refractivity contribution is -0.307. The molecule has 0 N–H and O–H groups in total. The number of thiocarbonyl (C=S) groups is 1. The Morgan fingerprint density at radius 2 is 1.84 bits per heavy atom. The maximum Gasteiger partial charge on any atom is 0.281 e. The van der Waals surface area contributed by atoms with Crippen molar-refractivity contribution in [1.29, 1.82) is 0 Å². The van der Waals surface area contributed by atoms with Gasteiger partial charge in [0.15, 0.2) is 16.6 Å². The number of methoxy groups -OCH3 is 1. The van der Waals surface area contributed by atoms with Crippen LogP contribution in [0.25, 0.3) is 6.08 Å². The van der Waals surface area contributed by atoms with Gasteiger partial charge in [0.1, 0.15) is 18.1 Å². The number of benzene rings is 2. The first-order valence-corrected chi connectivity index (χ1v) is 9.84. The third-order valence-corrected chi connectivity index (χ3v) is 4.96. The average molecular weight is 441 g/mol. The zero-order valence-corrected chi connectivity index (χ0v) is 18.1. The van der Waals surface area contributed by atoms with Gasteiger partial charge in [-0.3, -0.25) is 9.69 Å². The summed E-state index contributed by atoms with van der Waals surface area (Å²) < 4.78 is 15.9. The van der Waals surface area contributed by atoms with Crippen LogP contribution in [0, 0.1) is 0 Å². The molecule has 0 bridgehead atoms. The standard InChI is InChI=1S/C22H22N2O6S/c1-4-29-16-8-6-15(7-9-16)24-21(27)17(23(2)22(24)31)11-14-5-10-18(19(12-14)28-3)30-13-20(25)26/h5-12H,4,13H2,1-3H3,(H,25,26)/p-1/b17-11-. The summed E-state index contributed by atoms with van der Waals surface area (Å²) in [5.41, 5.74) is 1.67. The fourth-order valence-electron chi connectivity index (χ4n) is 3.03. The first kappa shape index (κ1) is 22.1. The van der Waals surface area contributed by atoms with Crippen molar-refractivity contribution < 1.29 is 28.9 Å². The molecular weight excluding hydrogens is 420 g/mol. The van der Waals surface area contributed by atoms with Crippen LogP contribution in [0.2, 0.25) is 0 Å². The van der Waals surface area contributed by atoms with E-state index in [9.17, 15) is 14.7 Å². The summed E-state index contributed by atoms with van der Waals surface area (Å²) in [4.78, 5) is 26.8. The molecule has 2 aromatic rings. The van der Waals surface area contributed by atoms with Crippen molar-refractivity contribution in [3.63, 3.8) is 0 Å². The largest absolute Gasteiger partial charge is 0.546 e. The van der Waals surface area contributed by atoms with E-state index in [4.69, 9.17) is 26.4 Å². The third-order valence-electron chi connectivity index (χ3n) is 4.50. The van der Waals surface area contributed by atoms with Crippen LogP contribution >= 0.6 is 12.2 Å². The number of aliphatic carboxylic acids is 1. The van der Waals surface area contributed by atoms with Crippen molar-refractivity contribution in [2.24, 2.45) is 0 Å². The molecule has 1 fully saturated rings. The number of carboxylic acid groups (broad SMARTS) is 1. The molecule has 1 amide bonds. The lowest BCUT2D eigenvalue weighted by atomic mass is 10.1. The van der Waals surface area contributed by atoms with Crippen LogP contribution in [-0.2, 0) is 9.59 Å². The Morgan fingerprint density at radius 3 is 2.45 bits per heavy atom. The van der Waals surface area contributed by atoms with Crippen LogP contribution in [0.15, 0.2) is 48.2 Å².